The predicted molar refractivity (Wildman–Crippen MR) is 74.7 cm³/mol. The van der Waals surface area contributed by atoms with Crippen LogP contribution in [0.25, 0.3) is 0 Å². The molecule has 3 N–H and O–H groups in total. The summed E-state index contributed by atoms with van der Waals surface area (Å²) >= 11 is 1.55. The average Bonchev–Trinajstić information content (AvgIpc) is 2.30. The van der Waals surface area contributed by atoms with Crippen molar-refractivity contribution in [1.82, 2.24) is 10.6 Å². The maximum atomic E-state index is 11.5. The Morgan fingerprint density at radius 2 is 2.00 bits per heavy atom. The number of hydrogen-bond donors (Lipinski definition) is 3. The molecule has 2 amide bonds. The molecule has 0 radical (unpaired) electrons. The molecule has 5 nitrogen and oxygen atoms in total. The summed E-state index contributed by atoms with van der Waals surface area (Å²) in [5.41, 5.74) is 1.03. The molecule has 6 heteroatoms. The molecule has 0 aromatic rings. The second-order valence-corrected chi connectivity index (χ2v) is 5.32. The van der Waals surface area contributed by atoms with Gasteiger partial charge in [-0.05, 0) is 31.3 Å². The van der Waals surface area contributed by atoms with Gasteiger partial charge in [-0.15, -0.1) is 0 Å². The first-order valence-corrected chi connectivity index (χ1v) is 7.23. The molecule has 1 atom stereocenters. The Kier molecular flexibility index (Phi) is 8.28. The first-order valence-electron chi connectivity index (χ1n) is 5.84. The third kappa shape index (κ3) is 7.21. The van der Waals surface area contributed by atoms with Crippen LogP contribution in [-0.4, -0.2) is 35.2 Å². The number of rotatable bonds is 7. The number of carbonyl (C=O) groups excluding carboxylic acids is 1. The molecule has 0 bridgehead atoms. The fourth-order valence-corrected chi connectivity index (χ4v) is 1.51. The van der Waals surface area contributed by atoms with Gasteiger partial charge in [0.25, 0.3) is 0 Å². The van der Waals surface area contributed by atoms with Gasteiger partial charge in [0.1, 0.15) is 6.04 Å². The van der Waals surface area contributed by atoms with Gasteiger partial charge in [0.05, 0.1) is 0 Å². The van der Waals surface area contributed by atoms with Crippen LogP contribution in [0.5, 0.6) is 0 Å². The van der Waals surface area contributed by atoms with Crippen molar-refractivity contribution in [3.8, 4) is 0 Å². The summed E-state index contributed by atoms with van der Waals surface area (Å²) in [5.74, 6) is 0.0267. The van der Waals surface area contributed by atoms with Gasteiger partial charge in [-0.25, -0.2) is 9.59 Å². The molecule has 104 valence electrons. The fourth-order valence-electron chi connectivity index (χ4n) is 1.04. The van der Waals surface area contributed by atoms with E-state index in [4.69, 9.17) is 5.11 Å². The van der Waals surface area contributed by atoms with Crippen LogP contribution < -0.4 is 10.6 Å². The highest BCUT2D eigenvalue weighted by molar-refractivity contribution is 7.98. The Bertz CT molecular complexity index is 316. The number of carboxylic acid groups (broad SMARTS) is 1. The molecule has 18 heavy (non-hydrogen) atoms. The standard InChI is InChI=1S/C12H22N2O3S/c1-8(2)9(3)7-13-12(17)14-10(11(15)16)5-6-18-4/h7-8,10H,5-6H2,1-4H3,(H,15,16)(H2,13,14,17)/b9-7+. The molecular weight excluding hydrogens is 252 g/mol. The molecule has 0 aliphatic rings. The predicted octanol–water partition coefficient (Wildman–Crippen LogP) is 2.05. The zero-order valence-corrected chi connectivity index (χ0v) is 12.1. The monoisotopic (exact) mass is 274 g/mol. The first kappa shape index (κ1) is 16.8. The molecule has 0 fully saturated rings. The van der Waals surface area contributed by atoms with Gasteiger partial charge in [0.15, 0.2) is 0 Å². The number of amides is 2. The lowest BCUT2D eigenvalue weighted by molar-refractivity contribution is -0.139. The Morgan fingerprint density at radius 1 is 1.39 bits per heavy atom. The van der Waals surface area contributed by atoms with Crippen LogP contribution in [0.1, 0.15) is 27.2 Å². The van der Waals surface area contributed by atoms with E-state index in [2.05, 4.69) is 10.6 Å². The molecule has 0 aliphatic heterocycles. The molecular formula is C12H22N2O3S. The maximum Gasteiger partial charge on any atom is 0.326 e. The number of thioether (sulfide) groups is 1. The largest absolute Gasteiger partial charge is 0.480 e. The smallest absolute Gasteiger partial charge is 0.326 e. The first-order chi connectivity index (χ1) is 8.38. The lowest BCUT2D eigenvalue weighted by Crippen LogP contribution is -2.45. The topological polar surface area (TPSA) is 78.4 Å². The number of allylic oxidation sites excluding steroid dienone is 1. The van der Waals surface area contributed by atoms with Crippen LogP contribution in [-0.2, 0) is 4.79 Å². The van der Waals surface area contributed by atoms with Gasteiger partial charge in [0, 0.05) is 6.20 Å². The summed E-state index contributed by atoms with van der Waals surface area (Å²) in [6.07, 6.45) is 3.91. The molecule has 0 saturated carbocycles. The number of aliphatic carboxylic acids is 1. The van der Waals surface area contributed by atoms with E-state index < -0.39 is 18.0 Å². The SMILES string of the molecule is CSCCC(NC(=O)N/C=C(\C)C(C)C)C(=O)O. The fraction of sp³-hybridized carbons (Fsp3) is 0.667. The van der Waals surface area contributed by atoms with Gasteiger partial charge in [-0.1, -0.05) is 19.4 Å². The summed E-state index contributed by atoms with van der Waals surface area (Å²) < 4.78 is 0. The van der Waals surface area contributed by atoms with Crippen LogP contribution >= 0.6 is 11.8 Å². The Morgan fingerprint density at radius 3 is 2.44 bits per heavy atom. The lowest BCUT2D eigenvalue weighted by atomic mass is 10.1. The molecule has 0 aromatic heterocycles. The molecule has 1 unspecified atom stereocenters. The number of hydrogen-bond acceptors (Lipinski definition) is 3. The van der Waals surface area contributed by atoms with Crippen LogP contribution in [0.15, 0.2) is 11.8 Å². The normalized spacial score (nSPS) is 13.3. The van der Waals surface area contributed by atoms with Gasteiger partial charge in [-0.3, -0.25) is 0 Å². The van der Waals surface area contributed by atoms with Crippen molar-refractivity contribution < 1.29 is 14.7 Å². The second kappa shape index (κ2) is 8.85. The molecule has 0 aromatic carbocycles. The Balaban J connectivity index is 4.26. The van der Waals surface area contributed by atoms with Gasteiger partial charge < -0.3 is 15.7 Å². The minimum Gasteiger partial charge on any atom is -0.480 e. The summed E-state index contributed by atoms with van der Waals surface area (Å²) in [5, 5.41) is 13.9. The van der Waals surface area contributed by atoms with Gasteiger partial charge in [-0.2, -0.15) is 11.8 Å². The third-order valence-electron chi connectivity index (χ3n) is 2.56. The van der Waals surface area contributed by atoms with E-state index in [1.54, 1.807) is 18.0 Å². The quantitative estimate of drug-likeness (QED) is 0.664. The van der Waals surface area contributed by atoms with Crippen LogP contribution in [0.2, 0.25) is 0 Å². The third-order valence-corrected chi connectivity index (χ3v) is 3.20. The minimum atomic E-state index is -1.01. The summed E-state index contributed by atoms with van der Waals surface area (Å²) in [7, 11) is 0. The van der Waals surface area contributed by atoms with E-state index in [1.807, 2.05) is 27.0 Å². The van der Waals surface area contributed by atoms with Crippen LogP contribution in [0, 0.1) is 5.92 Å². The Hall–Kier alpha value is -1.17. The summed E-state index contributed by atoms with van der Waals surface area (Å²) in [6.45, 7) is 5.95. The van der Waals surface area contributed by atoms with Crippen molar-refractivity contribution in [3.63, 3.8) is 0 Å². The maximum absolute atomic E-state index is 11.5. The van der Waals surface area contributed by atoms with Gasteiger partial charge >= 0.3 is 12.0 Å². The highest BCUT2D eigenvalue weighted by Gasteiger charge is 2.18. The number of urea groups is 1. The van der Waals surface area contributed by atoms with Crippen molar-refractivity contribution in [2.75, 3.05) is 12.0 Å². The molecule has 0 aliphatic carbocycles. The minimum absolute atomic E-state index is 0.345. The van der Waals surface area contributed by atoms with E-state index in [0.717, 1.165) is 5.57 Å². The molecule has 0 rings (SSSR count). The zero-order chi connectivity index (χ0) is 14.1. The molecule has 0 spiro atoms. The number of carbonyl (C=O) groups is 2. The van der Waals surface area contributed by atoms with Crippen molar-refractivity contribution in [2.45, 2.75) is 33.2 Å². The van der Waals surface area contributed by atoms with Crippen molar-refractivity contribution >= 4 is 23.8 Å². The summed E-state index contributed by atoms with van der Waals surface area (Å²) in [4.78, 5) is 22.4. The van der Waals surface area contributed by atoms with Crippen LogP contribution in [0.3, 0.4) is 0 Å². The number of nitrogens with one attached hydrogen (secondary N) is 2. The average molecular weight is 274 g/mol. The van der Waals surface area contributed by atoms with E-state index in [9.17, 15) is 9.59 Å². The molecule has 0 saturated heterocycles. The van der Waals surface area contributed by atoms with E-state index in [1.165, 1.54) is 0 Å². The van der Waals surface area contributed by atoms with E-state index >= 15 is 0 Å². The summed E-state index contributed by atoms with van der Waals surface area (Å²) in [6, 6.07) is -1.33. The Labute approximate surface area is 112 Å². The number of carboxylic acids is 1. The van der Waals surface area contributed by atoms with E-state index in [-0.39, 0.29) is 0 Å². The highest BCUT2D eigenvalue weighted by atomic mass is 32.2. The van der Waals surface area contributed by atoms with Crippen molar-refractivity contribution in [1.29, 1.82) is 0 Å². The van der Waals surface area contributed by atoms with Crippen LogP contribution in [0.4, 0.5) is 4.79 Å². The van der Waals surface area contributed by atoms with E-state index in [0.29, 0.717) is 18.1 Å². The highest BCUT2D eigenvalue weighted by Crippen LogP contribution is 2.05. The van der Waals surface area contributed by atoms with Crippen molar-refractivity contribution in [3.05, 3.63) is 11.8 Å². The molecule has 0 heterocycles. The lowest BCUT2D eigenvalue weighted by Gasteiger charge is -2.14. The van der Waals surface area contributed by atoms with Gasteiger partial charge in [0.2, 0.25) is 0 Å². The zero-order valence-electron chi connectivity index (χ0n) is 11.3. The second-order valence-electron chi connectivity index (χ2n) is 4.33. The van der Waals surface area contributed by atoms with Crippen molar-refractivity contribution in [2.24, 2.45) is 5.92 Å².